The number of aromatic nitrogens is 1. The van der Waals surface area contributed by atoms with Crippen LogP contribution in [0, 0.1) is 18.6 Å². The largest absolute Gasteiger partial charge is 0.403 e. The molecule has 1 aliphatic carbocycles. The molecule has 0 atom stereocenters. The number of nitrogens with two attached hydrogens (primary N) is 2. The van der Waals surface area contributed by atoms with Gasteiger partial charge in [0.1, 0.15) is 5.69 Å². The summed E-state index contributed by atoms with van der Waals surface area (Å²) in [6.45, 7) is 2.09. The second-order valence-electron chi connectivity index (χ2n) is 8.12. The van der Waals surface area contributed by atoms with E-state index in [0.717, 1.165) is 12.1 Å². The van der Waals surface area contributed by atoms with Crippen LogP contribution < -0.4 is 22.1 Å². The Bertz CT molecular complexity index is 1180. The Morgan fingerprint density at radius 3 is 2.53 bits per heavy atom. The zero-order valence-corrected chi connectivity index (χ0v) is 17.4. The maximum Gasteiger partial charge on any atom is 0.293 e. The number of anilines is 1. The number of ketones is 1. The Morgan fingerprint density at radius 1 is 1.19 bits per heavy atom. The Morgan fingerprint density at radius 2 is 1.91 bits per heavy atom. The molecule has 2 aliphatic rings. The summed E-state index contributed by atoms with van der Waals surface area (Å²) in [6.07, 6.45) is 3.61. The van der Waals surface area contributed by atoms with Crippen molar-refractivity contribution in [2.75, 3.05) is 5.32 Å². The van der Waals surface area contributed by atoms with E-state index in [2.05, 4.69) is 10.6 Å². The molecule has 4 rings (SSSR count). The van der Waals surface area contributed by atoms with Crippen LogP contribution in [0.3, 0.4) is 0 Å². The Kier molecular flexibility index (Phi) is 5.23. The number of rotatable bonds is 6. The van der Waals surface area contributed by atoms with Crippen molar-refractivity contribution in [2.45, 2.75) is 44.7 Å². The summed E-state index contributed by atoms with van der Waals surface area (Å²) in [4.78, 5) is 38.8. The highest BCUT2D eigenvalue weighted by molar-refractivity contribution is 6.44. The zero-order chi connectivity index (χ0) is 23.2. The van der Waals surface area contributed by atoms with Crippen molar-refractivity contribution in [2.24, 2.45) is 11.5 Å². The molecule has 1 aromatic carbocycles. The molecule has 0 bridgehead atoms. The molecule has 0 unspecified atom stereocenters. The normalized spacial score (nSPS) is 16.4. The highest BCUT2D eigenvalue weighted by atomic mass is 19.2. The van der Waals surface area contributed by atoms with Crippen molar-refractivity contribution in [1.82, 2.24) is 9.88 Å². The van der Waals surface area contributed by atoms with Gasteiger partial charge in [-0.25, -0.2) is 8.78 Å². The van der Waals surface area contributed by atoms with Crippen molar-refractivity contribution in [3.63, 3.8) is 0 Å². The van der Waals surface area contributed by atoms with Gasteiger partial charge in [0.05, 0.1) is 11.1 Å². The Balaban J connectivity index is 1.63. The van der Waals surface area contributed by atoms with Crippen LogP contribution in [0.1, 0.15) is 51.4 Å². The van der Waals surface area contributed by atoms with Gasteiger partial charge in [-0.2, -0.15) is 0 Å². The van der Waals surface area contributed by atoms with Crippen LogP contribution in [0.2, 0.25) is 0 Å². The van der Waals surface area contributed by atoms with E-state index in [-0.39, 0.29) is 16.9 Å². The van der Waals surface area contributed by atoms with Gasteiger partial charge in [0, 0.05) is 35.9 Å². The predicted molar refractivity (Wildman–Crippen MR) is 113 cm³/mol. The van der Waals surface area contributed by atoms with Gasteiger partial charge in [-0.3, -0.25) is 14.4 Å². The smallest absolute Gasteiger partial charge is 0.293 e. The number of hydrogen-bond acceptors (Lipinski definition) is 5. The van der Waals surface area contributed by atoms with Crippen molar-refractivity contribution >= 4 is 23.3 Å². The van der Waals surface area contributed by atoms with E-state index < -0.39 is 34.8 Å². The molecular weight excluding hydrogens is 420 g/mol. The second kappa shape index (κ2) is 7.77. The SMILES string of the molecule is Cc1c(C(=O)C(=O)NC2(C(N)=CN)CC2)c2n(c1C(=O)Nc1ccc(F)c(F)c1)CCC2. The summed E-state index contributed by atoms with van der Waals surface area (Å²) in [5.41, 5.74) is 12.2. The summed E-state index contributed by atoms with van der Waals surface area (Å²) in [6, 6.07) is 3.03. The molecule has 6 N–H and O–H groups in total. The number of fused-ring (bicyclic) bond motifs is 1. The first kappa shape index (κ1) is 21.5. The first-order valence-corrected chi connectivity index (χ1v) is 10.2. The third-order valence-corrected chi connectivity index (χ3v) is 6.07. The summed E-state index contributed by atoms with van der Waals surface area (Å²) >= 11 is 0. The highest BCUT2D eigenvalue weighted by Gasteiger charge is 2.48. The number of hydrogen-bond donors (Lipinski definition) is 4. The van der Waals surface area contributed by atoms with Crippen LogP contribution >= 0.6 is 0 Å². The molecule has 8 nitrogen and oxygen atoms in total. The van der Waals surface area contributed by atoms with Crippen LogP contribution in [0.5, 0.6) is 0 Å². The molecule has 1 aromatic heterocycles. The van der Waals surface area contributed by atoms with Gasteiger partial charge in [-0.05, 0) is 50.3 Å². The van der Waals surface area contributed by atoms with Gasteiger partial charge in [-0.15, -0.1) is 0 Å². The number of carbonyl (C=O) groups excluding carboxylic acids is 3. The topological polar surface area (TPSA) is 132 Å². The van der Waals surface area contributed by atoms with E-state index in [4.69, 9.17) is 11.5 Å². The number of halogens is 2. The standard InChI is InChI=1S/C22H23F2N5O3/c1-11-17(19(30)21(32)28-22(6-7-22)16(26)10-25)15-3-2-8-29(15)18(11)20(31)27-12-4-5-13(23)14(24)9-12/h4-5,9-10H,2-3,6-8,25-26H2,1H3,(H,27,31)(H,28,32). The fourth-order valence-corrected chi connectivity index (χ4v) is 4.23. The van der Waals surface area contributed by atoms with Gasteiger partial charge in [0.25, 0.3) is 17.6 Å². The number of amides is 2. The van der Waals surface area contributed by atoms with Gasteiger partial charge in [0.2, 0.25) is 0 Å². The summed E-state index contributed by atoms with van der Waals surface area (Å²) in [5.74, 6) is -4.27. The molecule has 32 heavy (non-hydrogen) atoms. The molecule has 0 saturated heterocycles. The molecule has 168 valence electrons. The monoisotopic (exact) mass is 443 g/mol. The quantitative estimate of drug-likeness (QED) is 0.400. The molecule has 1 fully saturated rings. The lowest BCUT2D eigenvalue weighted by molar-refractivity contribution is -0.117. The number of benzene rings is 1. The van der Waals surface area contributed by atoms with Crippen LogP contribution in [0.4, 0.5) is 14.5 Å². The lowest BCUT2D eigenvalue weighted by Crippen LogP contribution is -2.44. The van der Waals surface area contributed by atoms with Crippen LogP contribution in [-0.4, -0.2) is 27.7 Å². The van der Waals surface area contributed by atoms with Gasteiger partial charge in [0.15, 0.2) is 11.6 Å². The summed E-state index contributed by atoms with van der Waals surface area (Å²) in [5, 5.41) is 5.21. The number of Topliss-reactive ketones (excluding diaryl/α,β-unsaturated/α-hetero) is 1. The van der Waals surface area contributed by atoms with Gasteiger partial charge >= 0.3 is 0 Å². The maximum absolute atomic E-state index is 13.5. The number of nitrogens with zero attached hydrogens (tertiary/aromatic N) is 1. The second-order valence-corrected chi connectivity index (χ2v) is 8.12. The first-order chi connectivity index (χ1) is 15.2. The number of carbonyl (C=O) groups is 3. The van der Waals surface area contributed by atoms with E-state index in [0.29, 0.717) is 49.2 Å². The summed E-state index contributed by atoms with van der Waals surface area (Å²) in [7, 11) is 0. The minimum atomic E-state index is -1.09. The van der Waals surface area contributed by atoms with Gasteiger partial charge < -0.3 is 26.7 Å². The molecule has 2 amide bonds. The van der Waals surface area contributed by atoms with E-state index >= 15 is 0 Å². The molecule has 2 heterocycles. The Labute approximate surface area is 182 Å². The van der Waals surface area contributed by atoms with Crippen LogP contribution in [-0.2, 0) is 17.8 Å². The third-order valence-electron chi connectivity index (χ3n) is 6.07. The van der Waals surface area contributed by atoms with Gasteiger partial charge in [-0.1, -0.05) is 0 Å². The van der Waals surface area contributed by atoms with Crippen molar-refractivity contribution in [1.29, 1.82) is 0 Å². The average Bonchev–Trinajstić information content (AvgIpc) is 3.29. The number of nitrogens with one attached hydrogen (secondary N) is 2. The van der Waals surface area contributed by atoms with E-state index in [1.165, 1.54) is 12.3 Å². The third kappa shape index (κ3) is 3.51. The predicted octanol–water partition coefficient (Wildman–Crippen LogP) is 1.86. The lowest BCUT2D eigenvalue weighted by Gasteiger charge is -2.17. The van der Waals surface area contributed by atoms with E-state index in [9.17, 15) is 23.2 Å². The molecule has 1 aliphatic heterocycles. The molecule has 0 radical (unpaired) electrons. The molecular formula is C22H23F2N5O3. The minimum Gasteiger partial charge on any atom is -0.403 e. The zero-order valence-electron chi connectivity index (χ0n) is 17.4. The van der Waals surface area contributed by atoms with Crippen molar-refractivity contribution in [3.05, 3.63) is 64.2 Å². The van der Waals surface area contributed by atoms with Crippen LogP contribution in [0.15, 0.2) is 30.1 Å². The molecule has 1 saturated carbocycles. The molecule has 0 spiro atoms. The minimum absolute atomic E-state index is 0.0761. The first-order valence-electron chi connectivity index (χ1n) is 10.2. The van der Waals surface area contributed by atoms with Crippen molar-refractivity contribution in [3.8, 4) is 0 Å². The average molecular weight is 443 g/mol. The van der Waals surface area contributed by atoms with E-state index in [1.54, 1.807) is 11.5 Å². The molecule has 10 heteroatoms. The maximum atomic E-state index is 13.5. The summed E-state index contributed by atoms with van der Waals surface area (Å²) < 4.78 is 28.4. The molecule has 2 aromatic rings. The highest BCUT2D eigenvalue weighted by Crippen LogP contribution is 2.40. The lowest BCUT2D eigenvalue weighted by atomic mass is 10.0. The van der Waals surface area contributed by atoms with Crippen molar-refractivity contribution < 1.29 is 23.2 Å². The van der Waals surface area contributed by atoms with Crippen LogP contribution in [0.25, 0.3) is 0 Å². The van der Waals surface area contributed by atoms with E-state index in [1.807, 2.05) is 0 Å². The Hall–Kier alpha value is -3.69. The fourth-order valence-electron chi connectivity index (χ4n) is 4.23. The fraction of sp³-hybridized carbons (Fsp3) is 0.318.